The van der Waals surface area contributed by atoms with Crippen LogP contribution in [0.2, 0.25) is 0 Å². The van der Waals surface area contributed by atoms with E-state index in [1.807, 2.05) is 0 Å². The fraction of sp³-hybridized carbons (Fsp3) is 0.875. The van der Waals surface area contributed by atoms with E-state index in [1.165, 1.54) is 12.0 Å². The zero-order chi connectivity index (χ0) is 10.8. The minimum absolute atomic E-state index is 0.122. The summed E-state index contributed by atoms with van der Waals surface area (Å²) in [6.07, 6.45) is -4.44. The van der Waals surface area contributed by atoms with Gasteiger partial charge in [-0.25, -0.2) is 0 Å². The van der Waals surface area contributed by atoms with Gasteiger partial charge in [0.25, 0.3) is 0 Å². The zero-order valence-corrected chi connectivity index (χ0v) is 7.80. The second kappa shape index (κ2) is 4.16. The maximum atomic E-state index is 11.8. The standard InChI is InChI=1S/C8H12F3NO2/c1-14-7(13)6-2-4-12(6)5-3-8(9,10)11/h6H,2-5H2,1H3. The van der Waals surface area contributed by atoms with Crippen LogP contribution >= 0.6 is 0 Å². The molecule has 0 aromatic carbocycles. The number of rotatable bonds is 3. The Morgan fingerprint density at radius 2 is 2.21 bits per heavy atom. The minimum Gasteiger partial charge on any atom is -0.468 e. The maximum absolute atomic E-state index is 11.8. The van der Waals surface area contributed by atoms with Gasteiger partial charge in [-0.2, -0.15) is 13.2 Å². The molecule has 1 aliphatic rings. The van der Waals surface area contributed by atoms with Gasteiger partial charge in [0.1, 0.15) is 6.04 Å². The van der Waals surface area contributed by atoms with Gasteiger partial charge in [-0.05, 0) is 6.42 Å². The van der Waals surface area contributed by atoms with E-state index in [0.717, 1.165) is 0 Å². The predicted octanol–water partition coefficient (Wildman–Crippen LogP) is 1.19. The molecule has 1 rings (SSSR count). The summed E-state index contributed by atoms with van der Waals surface area (Å²) >= 11 is 0. The first-order chi connectivity index (χ1) is 6.44. The minimum atomic E-state index is -4.16. The Balaban J connectivity index is 2.30. The predicted molar refractivity (Wildman–Crippen MR) is 42.7 cm³/mol. The van der Waals surface area contributed by atoms with Crippen LogP contribution in [-0.2, 0) is 9.53 Å². The van der Waals surface area contributed by atoms with Crippen molar-refractivity contribution in [2.75, 3.05) is 20.2 Å². The number of hydrogen-bond acceptors (Lipinski definition) is 3. The Bertz CT molecular complexity index is 217. The highest BCUT2D eigenvalue weighted by Crippen LogP contribution is 2.24. The molecule has 1 aliphatic heterocycles. The number of carbonyl (C=O) groups excluding carboxylic acids is 1. The topological polar surface area (TPSA) is 29.5 Å². The SMILES string of the molecule is COC(=O)C1CCN1CCC(F)(F)F. The normalized spacial score (nSPS) is 23.0. The van der Waals surface area contributed by atoms with E-state index >= 15 is 0 Å². The summed E-state index contributed by atoms with van der Waals surface area (Å²) in [5, 5.41) is 0. The number of hydrogen-bond donors (Lipinski definition) is 0. The zero-order valence-electron chi connectivity index (χ0n) is 7.80. The number of likely N-dealkylation sites (tertiary alicyclic amines) is 1. The van der Waals surface area contributed by atoms with Gasteiger partial charge in [-0.15, -0.1) is 0 Å². The van der Waals surface area contributed by atoms with E-state index in [0.29, 0.717) is 13.0 Å². The van der Waals surface area contributed by atoms with E-state index in [9.17, 15) is 18.0 Å². The van der Waals surface area contributed by atoms with Gasteiger partial charge in [0, 0.05) is 13.1 Å². The number of alkyl halides is 3. The highest BCUT2D eigenvalue weighted by atomic mass is 19.4. The number of esters is 1. The second-order valence-electron chi connectivity index (χ2n) is 3.23. The number of ether oxygens (including phenoxy) is 1. The van der Waals surface area contributed by atoms with Gasteiger partial charge in [0.05, 0.1) is 13.5 Å². The van der Waals surface area contributed by atoms with E-state index in [4.69, 9.17) is 0 Å². The molecule has 1 fully saturated rings. The number of carbonyl (C=O) groups is 1. The molecule has 0 bridgehead atoms. The highest BCUT2D eigenvalue weighted by Gasteiger charge is 2.37. The summed E-state index contributed by atoms with van der Waals surface area (Å²) in [6, 6.07) is -0.470. The molecule has 0 radical (unpaired) electrons. The molecule has 1 unspecified atom stereocenters. The van der Waals surface area contributed by atoms with Crippen LogP contribution in [0.3, 0.4) is 0 Å². The van der Waals surface area contributed by atoms with Crippen molar-refractivity contribution < 1.29 is 22.7 Å². The molecule has 0 N–H and O–H groups in total. The monoisotopic (exact) mass is 211 g/mol. The van der Waals surface area contributed by atoms with Gasteiger partial charge in [-0.3, -0.25) is 9.69 Å². The van der Waals surface area contributed by atoms with Crippen LogP contribution in [0.5, 0.6) is 0 Å². The Hall–Kier alpha value is -0.780. The Morgan fingerprint density at radius 3 is 2.57 bits per heavy atom. The Labute approximate surface area is 79.8 Å². The molecule has 0 aliphatic carbocycles. The van der Waals surface area contributed by atoms with Crippen LogP contribution in [0, 0.1) is 0 Å². The van der Waals surface area contributed by atoms with Crippen molar-refractivity contribution >= 4 is 5.97 Å². The van der Waals surface area contributed by atoms with E-state index in [-0.39, 0.29) is 6.54 Å². The van der Waals surface area contributed by atoms with Crippen LogP contribution in [-0.4, -0.2) is 43.3 Å². The summed E-state index contributed by atoms with van der Waals surface area (Å²) in [4.78, 5) is 12.5. The fourth-order valence-corrected chi connectivity index (χ4v) is 1.38. The maximum Gasteiger partial charge on any atom is 0.390 e. The average molecular weight is 211 g/mol. The van der Waals surface area contributed by atoms with Crippen molar-refractivity contribution in [3.05, 3.63) is 0 Å². The first-order valence-corrected chi connectivity index (χ1v) is 4.32. The smallest absolute Gasteiger partial charge is 0.390 e. The van der Waals surface area contributed by atoms with Gasteiger partial charge in [0.15, 0.2) is 0 Å². The average Bonchev–Trinajstić information content (AvgIpc) is 2.00. The summed E-state index contributed by atoms with van der Waals surface area (Å²) in [6.45, 7) is 0.416. The van der Waals surface area contributed by atoms with E-state index in [1.54, 1.807) is 0 Å². The summed E-state index contributed by atoms with van der Waals surface area (Å²) < 4.78 is 40.0. The third kappa shape index (κ3) is 2.87. The van der Waals surface area contributed by atoms with Gasteiger partial charge in [-0.1, -0.05) is 0 Å². The van der Waals surface area contributed by atoms with Crippen LogP contribution in [0.25, 0.3) is 0 Å². The molecular weight excluding hydrogens is 199 g/mol. The Kier molecular flexibility index (Phi) is 3.36. The third-order valence-corrected chi connectivity index (χ3v) is 2.29. The molecule has 14 heavy (non-hydrogen) atoms. The molecular formula is C8H12F3NO2. The quantitative estimate of drug-likeness (QED) is 0.656. The molecule has 0 aromatic heterocycles. The van der Waals surface area contributed by atoms with Crippen LogP contribution in [0.4, 0.5) is 13.2 Å². The van der Waals surface area contributed by atoms with Crippen LogP contribution in [0.1, 0.15) is 12.8 Å². The number of methoxy groups -OCH3 is 1. The first kappa shape index (κ1) is 11.3. The molecule has 0 aromatic rings. The van der Waals surface area contributed by atoms with Crippen LogP contribution < -0.4 is 0 Å². The highest BCUT2D eigenvalue weighted by molar-refractivity contribution is 5.76. The summed E-state index contributed by atoms with van der Waals surface area (Å²) in [5.74, 6) is -0.446. The van der Waals surface area contributed by atoms with Gasteiger partial charge >= 0.3 is 12.1 Å². The van der Waals surface area contributed by atoms with Crippen molar-refractivity contribution in [3.63, 3.8) is 0 Å². The van der Waals surface area contributed by atoms with Gasteiger partial charge in [0.2, 0.25) is 0 Å². The lowest BCUT2D eigenvalue weighted by atomic mass is 10.0. The molecule has 3 nitrogen and oxygen atoms in total. The molecule has 82 valence electrons. The number of nitrogens with zero attached hydrogens (tertiary/aromatic N) is 1. The van der Waals surface area contributed by atoms with Crippen molar-refractivity contribution in [1.29, 1.82) is 0 Å². The van der Waals surface area contributed by atoms with Crippen molar-refractivity contribution in [1.82, 2.24) is 4.90 Å². The van der Waals surface area contributed by atoms with Crippen molar-refractivity contribution in [2.45, 2.75) is 25.1 Å². The Morgan fingerprint density at radius 1 is 1.57 bits per heavy atom. The fourth-order valence-electron chi connectivity index (χ4n) is 1.38. The molecule has 1 heterocycles. The van der Waals surface area contributed by atoms with Crippen molar-refractivity contribution in [2.24, 2.45) is 0 Å². The molecule has 0 spiro atoms. The summed E-state index contributed by atoms with van der Waals surface area (Å²) in [7, 11) is 1.24. The molecule has 6 heteroatoms. The van der Waals surface area contributed by atoms with Crippen LogP contribution in [0.15, 0.2) is 0 Å². The molecule has 0 saturated carbocycles. The lowest BCUT2D eigenvalue weighted by molar-refractivity contribution is -0.159. The lowest BCUT2D eigenvalue weighted by Crippen LogP contribution is -2.53. The summed E-state index contributed by atoms with van der Waals surface area (Å²) in [5.41, 5.74) is 0. The van der Waals surface area contributed by atoms with E-state index in [2.05, 4.69) is 4.74 Å². The largest absolute Gasteiger partial charge is 0.468 e. The third-order valence-electron chi connectivity index (χ3n) is 2.29. The van der Waals surface area contributed by atoms with Gasteiger partial charge < -0.3 is 4.74 Å². The molecule has 1 atom stereocenters. The number of halogens is 3. The second-order valence-corrected chi connectivity index (χ2v) is 3.23. The van der Waals surface area contributed by atoms with Crippen molar-refractivity contribution in [3.8, 4) is 0 Å². The molecule has 1 saturated heterocycles. The first-order valence-electron chi connectivity index (χ1n) is 4.32. The lowest BCUT2D eigenvalue weighted by Gasteiger charge is -2.38. The molecule has 0 amide bonds. The van der Waals surface area contributed by atoms with E-state index < -0.39 is 24.6 Å².